The van der Waals surface area contributed by atoms with Crippen molar-refractivity contribution in [1.29, 1.82) is 0 Å². The van der Waals surface area contributed by atoms with Gasteiger partial charge < -0.3 is 5.32 Å². The minimum Gasteiger partial charge on any atom is -0.309 e. The number of nitrogens with zero attached hydrogens (tertiary/aromatic N) is 1. The summed E-state index contributed by atoms with van der Waals surface area (Å²) < 4.78 is 0. The summed E-state index contributed by atoms with van der Waals surface area (Å²) in [7, 11) is 0. The van der Waals surface area contributed by atoms with Gasteiger partial charge in [0, 0.05) is 29.7 Å². The molecule has 2 bridgehead atoms. The SMILES string of the molecule is O=[N+]([O-])c1ccc(Cl)c(CNC2C3C4CCC(C4)C23)c1. The Balaban J connectivity index is 1.43. The first-order valence-corrected chi connectivity index (χ1v) is 7.69. The van der Waals surface area contributed by atoms with E-state index in [2.05, 4.69) is 5.32 Å². The lowest BCUT2D eigenvalue weighted by atomic mass is 10.0. The number of halogens is 1. The second-order valence-corrected chi connectivity index (χ2v) is 6.83. The summed E-state index contributed by atoms with van der Waals surface area (Å²) in [4.78, 5) is 10.4. The normalized spacial score (nSPS) is 37.0. The van der Waals surface area contributed by atoms with Gasteiger partial charge in [0.05, 0.1) is 4.92 Å². The van der Waals surface area contributed by atoms with E-state index in [0.717, 1.165) is 29.2 Å². The lowest BCUT2D eigenvalue weighted by Gasteiger charge is -2.11. The molecule has 4 unspecified atom stereocenters. The fourth-order valence-electron chi connectivity index (χ4n) is 4.64. The van der Waals surface area contributed by atoms with E-state index >= 15 is 0 Å². The fourth-order valence-corrected chi connectivity index (χ4v) is 4.82. The maximum absolute atomic E-state index is 10.8. The van der Waals surface area contributed by atoms with Crippen LogP contribution in [0, 0.1) is 33.8 Å². The molecule has 1 aromatic rings. The van der Waals surface area contributed by atoms with Gasteiger partial charge in [0.1, 0.15) is 0 Å². The van der Waals surface area contributed by atoms with E-state index in [4.69, 9.17) is 11.6 Å². The number of fused-ring (bicyclic) bond motifs is 5. The first-order valence-electron chi connectivity index (χ1n) is 7.31. The van der Waals surface area contributed by atoms with Gasteiger partial charge in [0.2, 0.25) is 0 Å². The maximum atomic E-state index is 10.8. The van der Waals surface area contributed by atoms with Crippen LogP contribution in [0.2, 0.25) is 5.02 Å². The first kappa shape index (κ1) is 12.6. The molecular weight excluding hydrogens is 276 g/mol. The third kappa shape index (κ3) is 1.85. The molecule has 3 aliphatic carbocycles. The summed E-state index contributed by atoms with van der Waals surface area (Å²) in [5.74, 6) is 3.60. The number of hydrogen-bond donors (Lipinski definition) is 1. The second-order valence-electron chi connectivity index (χ2n) is 6.43. The Hall–Kier alpha value is -1.13. The minimum atomic E-state index is -0.369. The lowest BCUT2D eigenvalue weighted by Crippen LogP contribution is -2.22. The molecule has 0 radical (unpaired) electrons. The summed E-state index contributed by atoms with van der Waals surface area (Å²) in [6.07, 6.45) is 4.24. The van der Waals surface area contributed by atoms with Crippen molar-refractivity contribution >= 4 is 17.3 Å². The Morgan fingerprint density at radius 2 is 2.00 bits per heavy atom. The van der Waals surface area contributed by atoms with Gasteiger partial charge in [0.25, 0.3) is 5.69 Å². The molecule has 0 spiro atoms. The second kappa shape index (κ2) is 4.43. The molecular formula is C15H17ClN2O2. The lowest BCUT2D eigenvalue weighted by molar-refractivity contribution is -0.384. The van der Waals surface area contributed by atoms with E-state index < -0.39 is 0 Å². The molecule has 4 rings (SSSR count). The van der Waals surface area contributed by atoms with Crippen molar-refractivity contribution in [2.24, 2.45) is 23.7 Å². The topological polar surface area (TPSA) is 55.2 Å². The summed E-state index contributed by atoms with van der Waals surface area (Å²) in [5.41, 5.74) is 0.945. The zero-order chi connectivity index (χ0) is 13.9. The van der Waals surface area contributed by atoms with Crippen LogP contribution in [0.3, 0.4) is 0 Å². The van der Waals surface area contributed by atoms with Crippen LogP contribution in [-0.4, -0.2) is 11.0 Å². The molecule has 3 saturated carbocycles. The van der Waals surface area contributed by atoms with Crippen LogP contribution < -0.4 is 5.32 Å². The largest absolute Gasteiger partial charge is 0.309 e. The predicted molar refractivity (Wildman–Crippen MR) is 76.5 cm³/mol. The van der Waals surface area contributed by atoms with Crippen molar-refractivity contribution in [3.05, 3.63) is 38.9 Å². The number of rotatable bonds is 4. The van der Waals surface area contributed by atoms with Crippen molar-refractivity contribution in [3.8, 4) is 0 Å². The summed E-state index contributed by atoms with van der Waals surface area (Å²) in [6, 6.07) is 5.28. The number of hydrogen-bond acceptors (Lipinski definition) is 3. The van der Waals surface area contributed by atoms with E-state index in [1.54, 1.807) is 12.1 Å². The van der Waals surface area contributed by atoms with Crippen LogP contribution in [0.25, 0.3) is 0 Å². The van der Waals surface area contributed by atoms with Crippen molar-refractivity contribution in [2.45, 2.75) is 31.8 Å². The number of nitro groups is 1. The van der Waals surface area contributed by atoms with Gasteiger partial charge in [-0.2, -0.15) is 0 Å². The fraction of sp³-hybridized carbons (Fsp3) is 0.600. The van der Waals surface area contributed by atoms with Crippen LogP contribution in [0.15, 0.2) is 18.2 Å². The average molecular weight is 293 g/mol. The third-order valence-electron chi connectivity index (χ3n) is 5.50. The van der Waals surface area contributed by atoms with Crippen LogP contribution in [0.4, 0.5) is 5.69 Å². The van der Waals surface area contributed by atoms with E-state index in [1.165, 1.54) is 25.3 Å². The number of non-ortho nitro benzene ring substituents is 1. The van der Waals surface area contributed by atoms with Crippen molar-refractivity contribution < 1.29 is 4.92 Å². The molecule has 0 amide bonds. The molecule has 1 N–H and O–H groups in total. The van der Waals surface area contributed by atoms with E-state index in [-0.39, 0.29) is 10.6 Å². The minimum absolute atomic E-state index is 0.113. The average Bonchev–Trinajstić information content (AvgIpc) is 2.81. The Morgan fingerprint density at radius 1 is 1.30 bits per heavy atom. The highest BCUT2D eigenvalue weighted by molar-refractivity contribution is 6.31. The zero-order valence-corrected chi connectivity index (χ0v) is 11.8. The molecule has 0 aliphatic heterocycles. The summed E-state index contributed by atoms with van der Waals surface area (Å²) >= 11 is 6.13. The molecule has 0 heterocycles. The van der Waals surface area contributed by atoms with Crippen molar-refractivity contribution in [1.82, 2.24) is 5.32 Å². The van der Waals surface area contributed by atoms with Gasteiger partial charge in [-0.1, -0.05) is 11.6 Å². The molecule has 3 fully saturated rings. The maximum Gasteiger partial charge on any atom is 0.269 e. The van der Waals surface area contributed by atoms with Gasteiger partial charge >= 0.3 is 0 Å². The Morgan fingerprint density at radius 3 is 2.65 bits per heavy atom. The molecule has 4 nitrogen and oxygen atoms in total. The molecule has 0 saturated heterocycles. The Kier molecular flexibility index (Phi) is 2.79. The molecule has 20 heavy (non-hydrogen) atoms. The van der Waals surface area contributed by atoms with Crippen molar-refractivity contribution in [2.75, 3.05) is 0 Å². The predicted octanol–water partition coefficient (Wildman–Crippen LogP) is 3.38. The van der Waals surface area contributed by atoms with Crippen molar-refractivity contribution in [3.63, 3.8) is 0 Å². The third-order valence-corrected chi connectivity index (χ3v) is 5.87. The summed E-state index contributed by atoms with van der Waals surface area (Å²) in [5, 5.41) is 15.0. The zero-order valence-electron chi connectivity index (χ0n) is 11.1. The highest BCUT2D eigenvalue weighted by Crippen LogP contribution is 2.65. The quantitative estimate of drug-likeness (QED) is 0.684. The number of nitro benzene ring substituents is 1. The number of nitrogens with one attached hydrogen (secondary N) is 1. The monoisotopic (exact) mass is 292 g/mol. The standard InChI is InChI=1S/C15H17ClN2O2/c16-12-4-3-11(18(19)20)6-10(12)7-17-15-13-8-1-2-9(5-8)14(13)15/h3-4,6,8-9,13-15,17H,1-2,5,7H2. The molecule has 5 heteroatoms. The van der Waals surface area contributed by atoms with Gasteiger partial charge in [-0.25, -0.2) is 0 Å². The van der Waals surface area contributed by atoms with Crippen LogP contribution >= 0.6 is 11.6 Å². The molecule has 3 aliphatic rings. The summed E-state index contributed by atoms with van der Waals surface area (Å²) in [6.45, 7) is 0.637. The van der Waals surface area contributed by atoms with Gasteiger partial charge in [-0.15, -0.1) is 0 Å². The van der Waals surface area contributed by atoms with Gasteiger partial charge in [-0.3, -0.25) is 10.1 Å². The first-order chi connectivity index (χ1) is 9.65. The van der Waals surface area contributed by atoms with E-state index in [9.17, 15) is 10.1 Å². The van der Waals surface area contributed by atoms with Crippen LogP contribution in [0.5, 0.6) is 0 Å². The van der Waals surface area contributed by atoms with E-state index in [0.29, 0.717) is 17.6 Å². The highest BCUT2D eigenvalue weighted by atomic mass is 35.5. The molecule has 0 aromatic heterocycles. The van der Waals surface area contributed by atoms with Crippen LogP contribution in [0.1, 0.15) is 24.8 Å². The molecule has 106 valence electrons. The Bertz CT molecular complexity index is 561. The van der Waals surface area contributed by atoms with E-state index in [1.807, 2.05) is 0 Å². The van der Waals surface area contributed by atoms with Crippen LogP contribution in [-0.2, 0) is 6.54 Å². The smallest absolute Gasteiger partial charge is 0.269 e. The van der Waals surface area contributed by atoms with Gasteiger partial charge in [0.15, 0.2) is 0 Å². The molecule has 4 atom stereocenters. The highest BCUT2D eigenvalue weighted by Gasteiger charge is 2.64. The molecule has 1 aromatic carbocycles. The van der Waals surface area contributed by atoms with Gasteiger partial charge in [-0.05, 0) is 54.6 Å². The number of benzene rings is 1. The Labute approximate surface area is 122 Å².